The van der Waals surface area contributed by atoms with Crippen molar-refractivity contribution in [3.05, 3.63) is 41.7 Å². The third-order valence-corrected chi connectivity index (χ3v) is 5.39. The second-order valence-corrected chi connectivity index (χ2v) is 7.52. The zero-order chi connectivity index (χ0) is 20.3. The van der Waals surface area contributed by atoms with Gasteiger partial charge in [0.25, 0.3) is 0 Å². The molecule has 2 aromatic rings. The fourth-order valence-corrected chi connectivity index (χ4v) is 3.57. The first-order valence-electron chi connectivity index (χ1n) is 10.9. The Bertz CT molecular complexity index is 716. The molecule has 0 amide bonds. The smallest absolute Gasteiger partial charge is 0.191 e. The van der Waals surface area contributed by atoms with Gasteiger partial charge in [-0.2, -0.15) is 0 Å². The van der Waals surface area contributed by atoms with Crippen molar-refractivity contribution < 1.29 is 13.7 Å². The Hall–Kier alpha value is -2.28. The summed E-state index contributed by atoms with van der Waals surface area (Å²) < 4.78 is 16.7. The van der Waals surface area contributed by atoms with Crippen molar-refractivity contribution in [2.24, 2.45) is 4.99 Å². The number of hydrogen-bond acceptors (Lipinski definition) is 5. The molecule has 7 nitrogen and oxygen atoms in total. The first kappa shape index (κ1) is 21.4. The molecule has 3 rings (SSSR count). The molecule has 1 aliphatic rings. The van der Waals surface area contributed by atoms with Gasteiger partial charge < -0.3 is 24.3 Å². The number of rotatable bonds is 10. The third kappa shape index (κ3) is 6.92. The number of aliphatic imine (C=N–C) groups is 1. The first-order chi connectivity index (χ1) is 14.3. The van der Waals surface area contributed by atoms with E-state index in [1.807, 2.05) is 18.2 Å². The highest BCUT2D eigenvalue weighted by molar-refractivity contribution is 5.79. The number of furan rings is 1. The van der Waals surface area contributed by atoms with Gasteiger partial charge in [0.1, 0.15) is 12.3 Å². The lowest BCUT2D eigenvalue weighted by atomic mass is 9.99. The van der Waals surface area contributed by atoms with Gasteiger partial charge in [-0.1, -0.05) is 19.0 Å². The van der Waals surface area contributed by atoms with Crippen LogP contribution >= 0.6 is 0 Å². The predicted molar refractivity (Wildman–Crippen MR) is 113 cm³/mol. The zero-order valence-corrected chi connectivity index (χ0v) is 17.7. The van der Waals surface area contributed by atoms with Crippen LogP contribution in [0.25, 0.3) is 0 Å². The Morgan fingerprint density at radius 2 is 2.14 bits per heavy atom. The van der Waals surface area contributed by atoms with Gasteiger partial charge in [-0.25, -0.2) is 4.99 Å². The van der Waals surface area contributed by atoms with Crippen molar-refractivity contribution in [2.75, 3.05) is 19.7 Å². The Labute approximate surface area is 173 Å². The highest BCUT2D eigenvalue weighted by atomic mass is 16.5. The van der Waals surface area contributed by atoms with Crippen LogP contribution in [0, 0.1) is 0 Å². The Balaban J connectivity index is 1.56. The predicted octanol–water partition coefficient (Wildman–Crippen LogP) is 4.02. The van der Waals surface area contributed by atoms with Gasteiger partial charge in [-0.15, -0.1) is 0 Å². The largest absolute Gasteiger partial charge is 0.469 e. The summed E-state index contributed by atoms with van der Waals surface area (Å²) in [4.78, 5) is 4.70. The van der Waals surface area contributed by atoms with Crippen molar-refractivity contribution in [2.45, 2.75) is 70.9 Å². The summed E-state index contributed by atoms with van der Waals surface area (Å²) in [6.07, 6.45) is 8.34. The van der Waals surface area contributed by atoms with Crippen LogP contribution in [0.2, 0.25) is 0 Å². The van der Waals surface area contributed by atoms with E-state index >= 15 is 0 Å². The molecular formula is C22H34N4O3. The lowest BCUT2D eigenvalue weighted by molar-refractivity contribution is 0.0194. The lowest BCUT2D eigenvalue weighted by Gasteiger charge is -2.23. The van der Waals surface area contributed by atoms with Crippen molar-refractivity contribution in [3.63, 3.8) is 0 Å². The second-order valence-electron chi connectivity index (χ2n) is 7.52. The van der Waals surface area contributed by atoms with Gasteiger partial charge in [0.15, 0.2) is 11.7 Å². The normalized spacial score (nSPS) is 17.6. The topological polar surface area (TPSA) is 84.8 Å². The molecule has 1 aliphatic heterocycles. The molecule has 1 unspecified atom stereocenters. The highest BCUT2D eigenvalue weighted by Gasteiger charge is 2.15. The molecule has 2 aromatic heterocycles. The molecule has 0 bridgehead atoms. The van der Waals surface area contributed by atoms with Crippen LogP contribution in [0.1, 0.15) is 69.1 Å². The molecule has 2 N–H and O–H groups in total. The fourth-order valence-electron chi connectivity index (χ4n) is 3.57. The number of ether oxygens (including phenoxy) is 1. The molecule has 0 aliphatic carbocycles. The van der Waals surface area contributed by atoms with Crippen LogP contribution in [0.5, 0.6) is 0 Å². The van der Waals surface area contributed by atoms with Gasteiger partial charge in [0.2, 0.25) is 0 Å². The molecule has 1 fully saturated rings. The van der Waals surface area contributed by atoms with Gasteiger partial charge in [-0.05, 0) is 44.2 Å². The molecule has 7 heteroatoms. The number of nitrogens with one attached hydrogen (secondary N) is 2. The molecule has 1 saturated heterocycles. The number of nitrogens with zero attached hydrogens (tertiary/aromatic N) is 2. The Morgan fingerprint density at radius 3 is 2.86 bits per heavy atom. The molecule has 29 heavy (non-hydrogen) atoms. The maximum Gasteiger partial charge on any atom is 0.191 e. The van der Waals surface area contributed by atoms with Crippen LogP contribution in [-0.2, 0) is 17.7 Å². The minimum Gasteiger partial charge on any atom is -0.469 e. The SMILES string of the molecule is CCC(CC)c1cc(CN=C(NCCc2ccco2)NCC2CCCCO2)on1. The maximum atomic E-state index is 5.82. The monoisotopic (exact) mass is 402 g/mol. The van der Waals surface area contributed by atoms with Gasteiger partial charge in [-0.3, -0.25) is 0 Å². The van der Waals surface area contributed by atoms with E-state index in [-0.39, 0.29) is 6.10 Å². The van der Waals surface area contributed by atoms with Crippen LogP contribution in [0.4, 0.5) is 0 Å². The van der Waals surface area contributed by atoms with Crippen LogP contribution in [-0.4, -0.2) is 36.9 Å². The zero-order valence-electron chi connectivity index (χ0n) is 17.7. The number of hydrogen-bond donors (Lipinski definition) is 2. The Morgan fingerprint density at radius 1 is 1.24 bits per heavy atom. The summed E-state index contributed by atoms with van der Waals surface area (Å²) >= 11 is 0. The summed E-state index contributed by atoms with van der Waals surface area (Å²) in [6.45, 7) is 7.15. The summed E-state index contributed by atoms with van der Waals surface area (Å²) in [5.41, 5.74) is 1.02. The highest BCUT2D eigenvalue weighted by Crippen LogP contribution is 2.22. The van der Waals surface area contributed by atoms with E-state index < -0.39 is 0 Å². The summed E-state index contributed by atoms with van der Waals surface area (Å²) in [5.74, 6) is 2.95. The summed E-state index contributed by atoms with van der Waals surface area (Å²) in [6, 6.07) is 5.92. The van der Waals surface area contributed by atoms with E-state index in [1.54, 1.807) is 6.26 Å². The summed E-state index contributed by atoms with van der Waals surface area (Å²) in [7, 11) is 0. The minimum absolute atomic E-state index is 0.243. The molecular weight excluding hydrogens is 368 g/mol. The van der Waals surface area contributed by atoms with E-state index in [4.69, 9.17) is 18.7 Å². The molecule has 0 aromatic carbocycles. The molecule has 0 radical (unpaired) electrons. The molecule has 0 saturated carbocycles. The first-order valence-corrected chi connectivity index (χ1v) is 10.9. The molecule has 1 atom stereocenters. The number of aromatic nitrogens is 1. The van der Waals surface area contributed by atoms with Crippen molar-refractivity contribution in [1.29, 1.82) is 0 Å². The average Bonchev–Trinajstić information content (AvgIpc) is 3.44. The van der Waals surface area contributed by atoms with Crippen LogP contribution < -0.4 is 10.6 Å². The second kappa shape index (κ2) is 11.7. The van der Waals surface area contributed by atoms with Crippen molar-refractivity contribution >= 4 is 5.96 Å². The third-order valence-electron chi connectivity index (χ3n) is 5.39. The van der Waals surface area contributed by atoms with E-state index in [1.165, 1.54) is 6.42 Å². The number of guanidine groups is 1. The van der Waals surface area contributed by atoms with E-state index in [0.717, 1.165) is 75.0 Å². The lowest BCUT2D eigenvalue weighted by Crippen LogP contribution is -2.43. The standard InChI is InChI=1S/C22H34N4O3/c1-3-17(4-2)21-14-20(29-26-21)16-25-22(23-11-10-18-9-7-13-27-18)24-15-19-8-5-6-12-28-19/h7,9,13-14,17,19H,3-6,8,10-12,15-16H2,1-2H3,(H2,23,24,25). The molecule has 3 heterocycles. The maximum absolute atomic E-state index is 5.82. The molecule has 0 spiro atoms. The van der Waals surface area contributed by atoms with Crippen LogP contribution in [0.3, 0.4) is 0 Å². The van der Waals surface area contributed by atoms with E-state index in [0.29, 0.717) is 12.5 Å². The minimum atomic E-state index is 0.243. The van der Waals surface area contributed by atoms with Gasteiger partial charge >= 0.3 is 0 Å². The summed E-state index contributed by atoms with van der Waals surface area (Å²) in [5, 5.41) is 11.0. The van der Waals surface area contributed by atoms with Crippen LogP contribution in [0.15, 0.2) is 38.4 Å². The van der Waals surface area contributed by atoms with E-state index in [9.17, 15) is 0 Å². The average molecular weight is 403 g/mol. The molecule has 160 valence electrons. The van der Waals surface area contributed by atoms with Gasteiger partial charge in [0, 0.05) is 38.1 Å². The quantitative estimate of drug-likeness (QED) is 0.461. The van der Waals surface area contributed by atoms with Gasteiger partial charge in [0.05, 0.1) is 18.1 Å². The van der Waals surface area contributed by atoms with Crippen molar-refractivity contribution in [3.8, 4) is 0 Å². The Kier molecular flexibility index (Phi) is 8.61. The fraction of sp³-hybridized carbons (Fsp3) is 0.636. The van der Waals surface area contributed by atoms with E-state index in [2.05, 4.69) is 29.6 Å². The van der Waals surface area contributed by atoms with Crippen molar-refractivity contribution in [1.82, 2.24) is 15.8 Å².